The van der Waals surface area contributed by atoms with Crippen LogP contribution in [0.15, 0.2) is 0 Å². The number of hydrogen-bond donors (Lipinski definition) is 1. The molecule has 0 spiro atoms. The van der Waals surface area contributed by atoms with Crippen molar-refractivity contribution in [2.45, 2.75) is 52.6 Å². The van der Waals surface area contributed by atoms with Crippen LogP contribution in [0.5, 0.6) is 0 Å². The highest BCUT2D eigenvalue weighted by Crippen LogP contribution is 2.41. The fourth-order valence-electron chi connectivity index (χ4n) is 3.55. The van der Waals surface area contributed by atoms with E-state index in [2.05, 4.69) is 0 Å². The summed E-state index contributed by atoms with van der Waals surface area (Å²) in [6.45, 7) is 9.60. The number of nitrogens with zero attached hydrogens (tertiary/aromatic N) is 3. The molecular formula is C14H27N3O4-2. The van der Waals surface area contributed by atoms with E-state index in [-0.39, 0.29) is 28.9 Å². The van der Waals surface area contributed by atoms with Crippen LogP contribution >= 0.6 is 0 Å². The van der Waals surface area contributed by atoms with Crippen molar-refractivity contribution in [1.29, 1.82) is 0 Å². The smallest absolute Gasteiger partial charge is 0.0439 e. The molecule has 0 radical (unpaired) electrons. The fourth-order valence-corrected chi connectivity index (χ4v) is 3.55. The summed E-state index contributed by atoms with van der Waals surface area (Å²) in [6.07, 6.45) is 1.72. The van der Waals surface area contributed by atoms with Gasteiger partial charge in [-0.1, -0.05) is 27.7 Å². The minimum Gasteiger partial charge on any atom is -0.762 e. The predicted octanol–water partition coefficient (Wildman–Crippen LogP) is 2.21. The van der Waals surface area contributed by atoms with Crippen molar-refractivity contribution in [3.63, 3.8) is 0 Å². The van der Waals surface area contributed by atoms with Crippen molar-refractivity contribution in [3.05, 3.63) is 10.4 Å². The maximum atomic E-state index is 12.4. The minimum atomic E-state index is -0.747. The molecule has 2 aliphatic rings. The van der Waals surface area contributed by atoms with Gasteiger partial charge in [-0.05, 0) is 36.5 Å². The Labute approximate surface area is 126 Å². The largest absolute Gasteiger partial charge is 0.762 e. The molecule has 2 fully saturated rings. The molecule has 1 saturated heterocycles. The first-order valence-electron chi connectivity index (χ1n) is 7.87. The van der Waals surface area contributed by atoms with Gasteiger partial charge in [0, 0.05) is 25.2 Å². The molecule has 2 rings (SSSR count). The van der Waals surface area contributed by atoms with E-state index in [0.29, 0.717) is 5.23 Å². The van der Waals surface area contributed by atoms with Crippen LogP contribution in [0.3, 0.4) is 0 Å². The van der Waals surface area contributed by atoms with Gasteiger partial charge < -0.3 is 15.6 Å². The van der Waals surface area contributed by atoms with Gasteiger partial charge in [0.05, 0.1) is 0 Å². The van der Waals surface area contributed by atoms with Crippen LogP contribution < -0.4 is 0 Å². The molecule has 0 bridgehead atoms. The number of rotatable bonds is 6. The van der Waals surface area contributed by atoms with E-state index in [4.69, 9.17) is 4.94 Å². The lowest BCUT2D eigenvalue weighted by atomic mass is 9.67. The first-order valence-corrected chi connectivity index (χ1v) is 7.87. The average molecular weight is 301 g/mol. The Hall–Kier alpha value is -0.280. The average Bonchev–Trinajstić information content (AvgIpc) is 3.20. The lowest BCUT2D eigenvalue weighted by molar-refractivity contribution is -0.298. The van der Waals surface area contributed by atoms with Gasteiger partial charge in [-0.25, -0.2) is 10.2 Å². The van der Waals surface area contributed by atoms with Crippen molar-refractivity contribution in [1.82, 2.24) is 15.5 Å². The second kappa shape index (κ2) is 6.87. The molecule has 4 atom stereocenters. The zero-order valence-electron chi connectivity index (χ0n) is 13.3. The third-order valence-electron chi connectivity index (χ3n) is 4.87. The first-order chi connectivity index (χ1) is 9.82. The van der Waals surface area contributed by atoms with E-state index >= 15 is 0 Å². The van der Waals surface area contributed by atoms with Crippen molar-refractivity contribution < 1.29 is 10.1 Å². The Bertz CT molecular complexity index is 336. The summed E-state index contributed by atoms with van der Waals surface area (Å²) < 4.78 is 0. The van der Waals surface area contributed by atoms with Crippen molar-refractivity contribution >= 4 is 0 Å². The highest BCUT2D eigenvalue weighted by atomic mass is 17.0. The molecular weight excluding hydrogens is 274 g/mol. The standard InChI is InChI=1S/C14H27N3O4/c1-9(2)11-5-6-12(10(3)4)14(13(11)16(18)19)17(20)21-15-7-8-15/h9-14,18H,5-8H2,1-4H3/q-2. The normalized spacial score (nSPS) is 34.4. The molecule has 1 heterocycles. The van der Waals surface area contributed by atoms with Gasteiger partial charge >= 0.3 is 0 Å². The van der Waals surface area contributed by atoms with E-state index in [9.17, 15) is 15.6 Å². The minimum absolute atomic E-state index is 0.0123. The Morgan fingerprint density at radius 1 is 1.00 bits per heavy atom. The SMILES string of the molecule is CC(C)C1CCC(C(C)C)C(N([O-])ON2CC2)C1N([O-])O. The van der Waals surface area contributed by atoms with Crippen molar-refractivity contribution in [2.75, 3.05) is 13.1 Å². The van der Waals surface area contributed by atoms with Crippen LogP contribution in [0.4, 0.5) is 0 Å². The molecule has 7 heteroatoms. The first kappa shape index (κ1) is 17.1. The number of hydroxylamine groups is 6. The molecule has 0 aromatic rings. The van der Waals surface area contributed by atoms with E-state index in [1.54, 1.807) is 5.06 Å². The van der Waals surface area contributed by atoms with Crippen molar-refractivity contribution in [3.8, 4) is 0 Å². The molecule has 124 valence electrons. The number of hydrogen-bond acceptors (Lipinski definition) is 7. The Morgan fingerprint density at radius 3 is 1.86 bits per heavy atom. The fraction of sp³-hybridized carbons (Fsp3) is 1.00. The topological polar surface area (TPSA) is 85.1 Å². The quantitative estimate of drug-likeness (QED) is 0.594. The van der Waals surface area contributed by atoms with Crippen LogP contribution in [0, 0.1) is 34.1 Å². The molecule has 1 saturated carbocycles. The summed E-state index contributed by atoms with van der Waals surface area (Å²) >= 11 is 0. The van der Waals surface area contributed by atoms with Gasteiger partial charge in [0.15, 0.2) is 0 Å². The summed E-state index contributed by atoms with van der Waals surface area (Å²) in [6, 6.07) is -1.39. The highest BCUT2D eigenvalue weighted by molar-refractivity contribution is 4.98. The van der Waals surface area contributed by atoms with E-state index in [1.165, 1.54) is 0 Å². The Kier molecular flexibility index (Phi) is 5.59. The van der Waals surface area contributed by atoms with E-state index in [0.717, 1.165) is 25.9 Å². The summed E-state index contributed by atoms with van der Waals surface area (Å²) in [5, 5.41) is 35.9. The molecule has 0 aromatic heterocycles. The second-order valence-corrected chi connectivity index (χ2v) is 6.97. The zero-order chi connectivity index (χ0) is 15.7. The Balaban J connectivity index is 2.22. The van der Waals surface area contributed by atoms with Crippen LogP contribution in [-0.4, -0.2) is 45.9 Å². The van der Waals surface area contributed by atoms with E-state index < -0.39 is 12.1 Å². The van der Waals surface area contributed by atoms with Gasteiger partial charge in [0.1, 0.15) is 0 Å². The van der Waals surface area contributed by atoms with Gasteiger partial charge in [-0.3, -0.25) is 5.23 Å². The van der Waals surface area contributed by atoms with Gasteiger partial charge in [-0.15, -0.1) is 0 Å². The molecule has 0 amide bonds. The molecule has 0 aromatic carbocycles. The maximum Gasteiger partial charge on any atom is 0.0439 e. The van der Waals surface area contributed by atoms with E-state index in [1.807, 2.05) is 27.7 Å². The van der Waals surface area contributed by atoms with Gasteiger partial charge in [0.2, 0.25) is 0 Å². The second-order valence-electron chi connectivity index (χ2n) is 6.97. The maximum absolute atomic E-state index is 12.4. The summed E-state index contributed by atoms with van der Waals surface area (Å²) in [4.78, 5) is 5.22. The highest BCUT2D eigenvalue weighted by Gasteiger charge is 2.44. The lowest BCUT2D eigenvalue weighted by Gasteiger charge is -2.55. The third kappa shape index (κ3) is 3.92. The molecule has 21 heavy (non-hydrogen) atoms. The van der Waals surface area contributed by atoms with Crippen LogP contribution in [-0.2, 0) is 4.94 Å². The summed E-state index contributed by atoms with van der Waals surface area (Å²) in [7, 11) is 0. The van der Waals surface area contributed by atoms with Gasteiger partial charge in [0.25, 0.3) is 0 Å². The Morgan fingerprint density at radius 2 is 1.48 bits per heavy atom. The molecule has 1 aliphatic heterocycles. The molecule has 1 aliphatic carbocycles. The van der Waals surface area contributed by atoms with Crippen LogP contribution in [0.2, 0.25) is 0 Å². The molecule has 1 N–H and O–H groups in total. The monoisotopic (exact) mass is 301 g/mol. The molecule has 7 nitrogen and oxygen atoms in total. The molecule has 4 unspecified atom stereocenters. The summed E-state index contributed by atoms with van der Waals surface area (Å²) in [5.74, 6) is 0.497. The third-order valence-corrected chi connectivity index (χ3v) is 4.87. The van der Waals surface area contributed by atoms with Crippen LogP contribution in [0.1, 0.15) is 40.5 Å². The predicted molar refractivity (Wildman–Crippen MR) is 78.3 cm³/mol. The van der Waals surface area contributed by atoms with Crippen molar-refractivity contribution in [2.24, 2.45) is 23.7 Å². The van der Waals surface area contributed by atoms with Gasteiger partial charge in [-0.2, -0.15) is 5.06 Å². The summed E-state index contributed by atoms with van der Waals surface area (Å²) in [5.41, 5.74) is 0. The van der Waals surface area contributed by atoms with Crippen LogP contribution in [0.25, 0.3) is 0 Å². The zero-order valence-corrected chi connectivity index (χ0v) is 13.3. The lowest BCUT2D eigenvalue weighted by Crippen LogP contribution is -2.59.